The van der Waals surface area contributed by atoms with Crippen molar-refractivity contribution in [3.63, 3.8) is 0 Å². The lowest BCUT2D eigenvalue weighted by molar-refractivity contribution is 0.574. The Balaban J connectivity index is 2.49. The van der Waals surface area contributed by atoms with Gasteiger partial charge in [-0.05, 0) is 36.2 Å². The maximum absolute atomic E-state index is 6.23. The monoisotopic (exact) mass is 298 g/mol. The maximum atomic E-state index is 6.23. The summed E-state index contributed by atoms with van der Waals surface area (Å²) < 4.78 is 1.81. The number of hydrogen-bond donors (Lipinski definition) is 2. The van der Waals surface area contributed by atoms with Crippen LogP contribution in [-0.4, -0.2) is 9.78 Å². The minimum absolute atomic E-state index is 0.246. The van der Waals surface area contributed by atoms with E-state index in [4.69, 9.17) is 29.0 Å². The summed E-state index contributed by atoms with van der Waals surface area (Å²) in [6, 6.07) is 7.10. The Labute approximate surface area is 122 Å². The largest absolute Gasteiger partial charge is 0.271 e. The zero-order valence-electron chi connectivity index (χ0n) is 10.8. The lowest BCUT2D eigenvalue weighted by Gasteiger charge is -2.18. The summed E-state index contributed by atoms with van der Waals surface area (Å²) in [4.78, 5) is 0. The van der Waals surface area contributed by atoms with Gasteiger partial charge in [0.25, 0.3) is 0 Å². The maximum Gasteiger partial charge on any atom is 0.0893 e. The van der Waals surface area contributed by atoms with Crippen molar-refractivity contribution in [2.24, 2.45) is 12.9 Å². The summed E-state index contributed by atoms with van der Waals surface area (Å²) in [5.74, 6) is 5.68. The van der Waals surface area contributed by atoms with Crippen LogP contribution in [0.4, 0.5) is 0 Å². The average molecular weight is 299 g/mol. The van der Waals surface area contributed by atoms with E-state index in [1.165, 1.54) is 0 Å². The van der Waals surface area contributed by atoms with Crippen LogP contribution in [-0.2, 0) is 13.5 Å². The van der Waals surface area contributed by atoms with E-state index in [1.807, 2.05) is 19.2 Å². The number of nitrogens with two attached hydrogens (primary N) is 1. The predicted molar refractivity (Wildman–Crippen MR) is 78.2 cm³/mol. The molecule has 2 aromatic rings. The minimum atomic E-state index is -0.246. The quantitative estimate of drug-likeness (QED) is 0.674. The van der Waals surface area contributed by atoms with Crippen LogP contribution < -0.4 is 11.3 Å². The second-order valence-electron chi connectivity index (χ2n) is 4.30. The number of nitrogens with zero attached hydrogens (tertiary/aromatic N) is 2. The molecule has 0 bridgehead atoms. The van der Waals surface area contributed by atoms with E-state index in [2.05, 4.69) is 17.4 Å². The molecule has 0 saturated carbocycles. The van der Waals surface area contributed by atoms with Crippen molar-refractivity contribution < 1.29 is 0 Å². The number of rotatable bonds is 4. The molecule has 2 rings (SSSR count). The highest BCUT2D eigenvalue weighted by atomic mass is 35.5. The zero-order chi connectivity index (χ0) is 14.0. The molecular weight excluding hydrogens is 283 g/mol. The Kier molecular flexibility index (Phi) is 4.47. The molecule has 4 nitrogen and oxygen atoms in total. The SMILES string of the molecule is CCc1cc(C(NN)c2cc(Cl)ccc2Cl)n(C)n1. The Morgan fingerprint density at radius 3 is 2.68 bits per heavy atom. The normalized spacial score (nSPS) is 12.7. The molecule has 1 heterocycles. The second-order valence-corrected chi connectivity index (χ2v) is 5.15. The van der Waals surface area contributed by atoms with E-state index in [0.717, 1.165) is 23.4 Å². The molecule has 0 aliphatic rings. The Hall–Kier alpha value is -1.07. The van der Waals surface area contributed by atoms with Crippen molar-refractivity contribution in [2.75, 3.05) is 0 Å². The van der Waals surface area contributed by atoms with Gasteiger partial charge in [-0.1, -0.05) is 30.1 Å². The van der Waals surface area contributed by atoms with Gasteiger partial charge in [0.05, 0.1) is 17.4 Å². The highest BCUT2D eigenvalue weighted by Gasteiger charge is 2.20. The van der Waals surface area contributed by atoms with Crippen LogP contribution in [0.3, 0.4) is 0 Å². The fourth-order valence-electron chi connectivity index (χ4n) is 2.06. The van der Waals surface area contributed by atoms with Crippen molar-refractivity contribution >= 4 is 23.2 Å². The molecular formula is C13H16Cl2N4. The van der Waals surface area contributed by atoms with Crippen molar-refractivity contribution in [1.82, 2.24) is 15.2 Å². The molecule has 1 atom stereocenters. The van der Waals surface area contributed by atoms with Crippen LogP contribution >= 0.6 is 23.2 Å². The number of benzene rings is 1. The van der Waals surface area contributed by atoms with E-state index in [0.29, 0.717) is 10.0 Å². The first-order valence-electron chi connectivity index (χ1n) is 6.00. The highest BCUT2D eigenvalue weighted by molar-refractivity contribution is 6.33. The van der Waals surface area contributed by atoms with Gasteiger partial charge in [0.1, 0.15) is 0 Å². The van der Waals surface area contributed by atoms with Gasteiger partial charge in [0.15, 0.2) is 0 Å². The van der Waals surface area contributed by atoms with E-state index in [1.54, 1.807) is 16.8 Å². The number of hydrogen-bond acceptors (Lipinski definition) is 3. The molecule has 0 aliphatic carbocycles. The molecule has 0 radical (unpaired) electrons. The standard InChI is InChI=1S/C13H16Cl2N4/c1-3-9-7-12(19(2)18-9)13(17-16)10-6-8(14)4-5-11(10)15/h4-7,13,17H,3,16H2,1-2H3. The van der Waals surface area contributed by atoms with Gasteiger partial charge in [0.2, 0.25) is 0 Å². The average Bonchev–Trinajstić information content (AvgIpc) is 2.76. The summed E-state index contributed by atoms with van der Waals surface area (Å²) in [7, 11) is 1.89. The van der Waals surface area contributed by atoms with E-state index >= 15 is 0 Å². The van der Waals surface area contributed by atoms with Gasteiger partial charge in [0, 0.05) is 17.1 Å². The molecule has 1 unspecified atom stereocenters. The summed E-state index contributed by atoms with van der Waals surface area (Å²) in [6.45, 7) is 2.06. The predicted octanol–water partition coefficient (Wildman–Crippen LogP) is 2.84. The van der Waals surface area contributed by atoms with Gasteiger partial charge >= 0.3 is 0 Å². The second kappa shape index (κ2) is 5.92. The third-order valence-corrected chi connectivity index (χ3v) is 3.64. The molecule has 1 aromatic heterocycles. The lowest BCUT2D eigenvalue weighted by Crippen LogP contribution is -2.30. The van der Waals surface area contributed by atoms with Crippen LogP contribution in [0.25, 0.3) is 0 Å². The molecule has 102 valence electrons. The molecule has 0 amide bonds. The topological polar surface area (TPSA) is 55.9 Å². The van der Waals surface area contributed by atoms with Gasteiger partial charge in [-0.15, -0.1) is 0 Å². The van der Waals surface area contributed by atoms with Gasteiger partial charge in [-0.3, -0.25) is 10.5 Å². The van der Waals surface area contributed by atoms with E-state index in [9.17, 15) is 0 Å². The number of nitrogens with one attached hydrogen (secondary N) is 1. The Morgan fingerprint density at radius 2 is 2.11 bits per heavy atom. The highest BCUT2D eigenvalue weighted by Crippen LogP contribution is 2.30. The van der Waals surface area contributed by atoms with E-state index in [-0.39, 0.29) is 6.04 Å². The first-order chi connectivity index (χ1) is 9.06. The Morgan fingerprint density at radius 1 is 1.37 bits per heavy atom. The summed E-state index contributed by atoms with van der Waals surface area (Å²) >= 11 is 12.3. The van der Waals surface area contributed by atoms with Crippen molar-refractivity contribution in [2.45, 2.75) is 19.4 Å². The van der Waals surface area contributed by atoms with Crippen molar-refractivity contribution in [1.29, 1.82) is 0 Å². The van der Waals surface area contributed by atoms with Crippen LogP contribution in [0.15, 0.2) is 24.3 Å². The lowest BCUT2D eigenvalue weighted by atomic mass is 10.0. The Bertz CT molecular complexity index is 580. The fraction of sp³-hybridized carbons (Fsp3) is 0.308. The third kappa shape index (κ3) is 2.92. The molecule has 3 N–H and O–H groups in total. The van der Waals surface area contributed by atoms with Crippen LogP contribution in [0.1, 0.15) is 29.9 Å². The molecule has 0 spiro atoms. The molecule has 0 saturated heterocycles. The van der Waals surface area contributed by atoms with Gasteiger partial charge < -0.3 is 0 Å². The third-order valence-electron chi connectivity index (χ3n) is 3.06. The molecule has 0 aliphatic heterocycles. The molecule has 6 heteroatoms. The number of halogens is 2. The first-order valence-corrected chi connectivity index (χ1v) is 6.76. The van der Waals surface area contributed by atoms with Crippen LogP contribution in [0, 0.1) is 0 Å². The van der Waals surface area contributed by atoms with Gasteiger partial charge in [-0.2, -0.15) is 5.10 Å². The zero-order valence-corrected chi connectivity index (χ0v) is 12.3. The summed E-state index contributed by atoms with van der Waals surface area (Å²) in [5.41, 5.74) is 5.57. The minimum Gasteiger partial charge on any atom is -0.271 e. The van der Waals surface area contributed by atoms with Crippen LogP contribution in [0.5, 0.6) is 0 Å². The molecule has 19 heavy (non-hydrogen) atoms. The van der Waals surface area contributed by atoms with Crippen molar-refractivity contribution in [3.8, 4) is 0 Å². The first kappa shape index (κ1) is 14.3. The fourth-order valence-corrected chi connectivity index (χ4v) is 2.46. The molecule has 0 fully saturated rings. The summed E-state index contributed by atoms with van der Waals surface area (Å²) in [6.07, 6.45) is 0.869. The number of aromatic nitrogens is 2. The van der Waals surface area contributed by atoms with Crippen molar-refractivity contribution in [3.05, 3.63) is 51.3 Å². The number of hydrazine groups is 1. The number of aryl methyl sites for hydroxylation is 2. The summed E-state index contributed by atoms with van der Waals surface area (Å²) in [5, 5.41) is 5.66. The smallest absolute Gasteiger partial charge is 0.0893 e. The van der Waals surface area contributed by atoms with Gasteiger partial charge in [-0.25, -0.2) is 5.43 Å². The van der Waals surface area contributed by atoms with E-state index < -0.39 is 0 Å². The van der Waals surface area contributed by atoms with Crippen LogP contribution in [0.2, 0.25) is 10.0 Å². The molecule has 1 aromatic carbocycles.